The number of pyridine rings is 1. The minimum atomic E-state index is -0.157. The van der Waals surface area contributed by atoms with E-state index in [0.29, 0.717) is 17.6 Å². The van der Waals surface area contributed by atoms with Gasteiger partial charge in [-0.1, -0.05) is 6.92 Å². The van der Waals surface area contributed by atoms with Crippen LogP contribution < -0.4 is 11.3 Å². The van der Waals surface area contributed by atoms with Gasteiger partial charge in [0, 0.05) is 12.2 Å². The molecule has 0 aliphatic rings. The number of hydrogen-bond donors (Lipinski definition) is 3. The molecule has 2 aromatic heterocycles. The van der Waals surface area contributed by atoms with Gasteiger partial charge in [0.25, 0.3) is 5.56 Å². The van der Waals surface area contributed by atoms with Crippen molar-refractivity contribution in [1.82, 2.24) is 15.2 Å². The van der Waals surface area contributed by atoms with Crippen molar-refractivity contribution in [3.05, 3.63) is 27.7 Å². The molecule has 2 rings (SSSR count). The van der Waals surface area contributed by atoms with Crippen molar-refractivity contribution >= 4 is 11.0 Å². The molecule has 0 unspecified atom stereocenters. The van der Waals surface area contributed by atoms with E-state index in [2.05, 4.69) is 15.2 Å². The molecule has 0 amide bonds. The molecule has 5 nitrogen and oxygen atoms in total. The summed E-state index contributed by atoms with van der Waals surface area (Å²) in [6.45, 7) is 2.37. The maximum atomic E-state index is 11.4. The quantitative estimate of drug-likeness (QED) is 0.638. The average molecular weight is 192 g/mol. The predicted molar refractivity (Wildman–Crippen MR) is 54.0 cm³/mol. The van der Waals surface area contributed by atoms with Crippen molar-refractivity contribution in [1.29, 1.82) is 0 Å². The lowest BCUT2D eigenvalue weighted by atomic mass is 10.1. The van der Waals surface area contributed by atoms with Gasteiger partial charge < -0.3 is 5.73 Å². The van der Waals surface area contributed by atoms with E-state index in [0.717, 1.165) is 17.7 Å². The standard InChI is InChI=1S/C9H12N4O/c1-2-6-3-5(4-10)7-8(11-6)12-13-9(7)14/h3H,2,4,10H2,1H3,(H2,11,12,13,14). The third-order valence-electron chi connectivity index (χ3n) is 2.26. The molecule has 0 bridgehead atoms. The molecule has 2 heterocycles. The monoisotopic (exact) mass is 192 g/mol. The molecule has 0 aliphatic carbocycles. The van der Waals surface area contributed by atoms with Gasteiger partial charge in [0.2, 0.25) is 0 Å². The zero-order valence-corrected chi connectivity index (χ0v) is 7.92. The first-order valence-electron chi connectivity index (χ1n) is 4.55. The van der Waals surface area contributed by atoms with Crippen LogP contribution in [0.1, 0.15) is 18.2 Å². The van der Waals surface area contributed by atoms with Crippen LogP contribution in [0, 0.1) is 0 Å². The summed E-state index contributed by atoms with van der Waals surface area (Å²) >= 11 is 0. The molecule has 0 aliphatic heterocycles. The number of aryl methyl sites for hydroxylation is 1. The lowest BCUT2D eigenvalue weighted by molar-refractivity contribution is 1.00. The van der Waals surface area contributed by atoms with Crippen molar-refractivity contribution < 1.29 is 0 Å². The van der Waals surface area contributed by atoms with Gasteiger partial charge in [-0.05, 0) is 18.1 Å². The number of aromatic nitrogens is 3. The van der Waals surface area contributed by atoms with E-state index < -0.39 is 0 Å². The summed E-state index contributed by atoms with van der Waals surface area (Å²) in [5, 5.41) is 5.81. The molecule has 4 N–H and O–H groups in total. The van der Waals surface area contributed by atoms with E-state index in [-0.39, 0.29) is 5.56 Å². The molecule has 5 heteroatoms. The molecule has 0 aromatic carbocycles. The molecule has 0 spiro atoms. The van der Waals surface area contributed by atoms with Crippen molar-refractivity contribution in [2.24, 2.45) is 5.73 Å². The molecule has 14 heavy (non-hydrogen) atoms. The number of nitrogens with one attached hydrogen (secondary N) is 2. The van der Waals surface area contributed by atoms with E-state index >= 15 is 0 Å². The largest absolute Gasteiger partial charge is 0.326 e. The Bertz CT molecular complexity index is 511. The van der Waals surface area contributed by atoms with Crippen LogP contribution in [0.3, 0.4) is 0 Å². The van der Waals surface area contributed by atoms with Gasteiger partial charge in [-0.15, -0.1) is 0 Å². The second-order valence-corrected chi connectivity index (χ2v) is 3.13. The van der Waals surface area contributed by atoms with Crippen LogP contribution in [0.5, 0.6) is 0 Å². The Labute approximate surface area is 80.3 Å². The molecular formula is C9H12N4O. The number of hydrogen-bond acceptors (Lipinski definition) is 3. The van der Waals surface area contributed by atoms with Gasteiger partial charge >= 0.3 is 0 Å². The zero-order chi connectivity index (χ0) is 10.1. The van der Waals surface area contributed by atoms with Crippen molar-refractivity contribution in [2.75, 3.05) is 0 Å². The highest BCUT2D eigenvalue weighted by atomic mass is 16.1. The van der Waals surface area contributed by atoms with E-state index in [1.165, 1.54) is 0 Å². The molecule has 74 valence electrons. The van der Waals surface area contributed by atoms with Crippen LogP contribution in [0.25, 0.3) is 11.0 Å². The number of H-pyrrole nitrogens is 2. The van der Waals surface area contributed by atoms with Gasteiger partial charge in [0.05, 0.1) is 5.39 Å². The minimum absolute atomic E-state index is 0.157. The lowest BCUT2D eigenvalue weighted by Gasteiger charge is -2.01. The predicted octanol–water partition coefficient (Wildman–Crippen LogP) is 0.272. The summed E-state index contributed by atoms with van der Waals surface area (Å²) in [7, 11) is 0. The highest BCUT2D eigenvalue weighted by molar-refractivity contribution is 5.78. The van der Waals surface area contributed by atoms with Crippen molar-refractivity contribution in [2.45, 2.75) is 19.9 Å². The average Bonchev–Trinajstić information content (AvgIpc) is 2.59. The molecule has 0 saturated carbocycles. The van der Waals surface area contributed by atoms with Crippen LogP contribution >= 0.6 is 0 Å². The summed E-state index contributed by atoms with van der Waals surface area (Å²) < 4.78 is 0. The third-order valence-corrected chi connectivity index (χ3v) is 2.26. The SMILES string of the molecule is CCc1cc(CN)c2c(=O)[nH][nH]c2n1. The first-order chi connectivity index (χ1) is 6.76. The first-order valence-corrected chi connectivity index (χ1v) is 4.55. The summed E-state index contributed by atoms with van der Waals surface area (Å²) in [5.74, 6) is 0. The number of fused-ring (bicyclic) bond motifs is 1. The fraction of sp³-hybridized carbons (Fsp3) is 0.333. The van der Waals surface area contributed by atoms with Crippen LogP contribution in [0.4, 0.5) is 0 Å². The molecule has 0 saturated heterocycles. The Balaban J connectivity index is 2.82. The highest BCUT2D eigenvalue weighted by Crippen LogP contribution is 2.12. The maximum absolute atomic E-state index is 11.4. The number of rotatable bonds is 2. The van der Waals surface area contributed by atoms with Gasteiger partial charge in [-0.25, -0.2) is 4.98 Å². The summed E-state index contributed by atoms with van der Waals surface area (Å²) in [6.07, 6.45) is 0.830. The fourth-order valence-electron chi connectivity index (χ4n) is 1.52. The summed E-state index contributed by atoms with van der Waals surface area (Å²) in [5.41, 5.74) is 7.79. The van der Waals surface area contributed by atoms with Gasteiger partial charge in [-0.3, -0.25) is 15.0 Å². The Morgan fingerprint density at radius 1 is 1.50 bits per heavy atom. The zero-order valence-electron chi connectivity index (χ0n) is 7.92. The Morgan fingerprint density at radius 3 is 2.93 bits per heavy atom. The highest BCUT2D eigenvalue weighted by Gasteiger charge is 2.08. The Morgan fingerprint density at radius 2 is 2.29 bits per heavy atom. The first kappa shape index (κ1) is 8.96. The fourth-order valence-corrected chi connectivity index (χ4v) is 1.52. The van der Waals surface area contributed by atoms with Crippen LogP contribution in [0.15, 0.2) is 10.9 Å². The maximum Gasteiger partial charge on any atom is 0.273 e. The van der Waals surface area contributed by atoms with E-state index in [1.54, 1.807) is 0 Å². The smallest absolute Gasteiger partial charge is 0.273 e. The Hall–Kier alpha value is -1.62. The molecule has 0 radical (unpaired) electrons. The number of nitrogens with zero attached hydrogens (tertiary/aromatic N) is 1. The number of aromatic amines is 2. The van der Waals surface area contributed by atoms with Crippen molar-refractivity contribution in [3.63, 3.8) is 0 Å². The summed E-state index contributed by atoms with van der Waals surface area (Å²) in [4.78, 5) is 15.7. The summed E-state index contributed by atoms with van der Waals surface area (Å²) in [6, 6.07) is 1.88. The van der Waals surface area contributed by atoms with Crippen LogP contribution in [-0.4, -0.2) is 15.2 Å². The van der Waals surface area contributed by atoms with E-state index in [4.69, 9.17) is 5.73 Å². The van der Waals surface area contributed by atoms with Crippen molar-refractivity contribution in [3.8, 4) is 0 Å². The minimum Gasteiger partial charge on any atom is -0.326 e. The molecule has 2 aromatic rings. The topological polar surface area (TPSA) is 87.6 Å². The molecular weight excluding hydrogens is 180 g/mol. The second-order valence-electron chi connectivity index (χ2n) is 3.13. The lowest BCUT2D eigenvalue weighted by Crippen LogP contribution is -2.06. The molecule has 0 fully saturated rings. The van der Waals surface area contributed by atoms with Gasteiger partial charge in [-0.2, -0.15) is 0 Å². The Kier molecular flexibility index (Phi) is 2.09. The second kappa shape index (κ2) is 3.26. The van der Waals surface area contributed by atoms with Gasteiger partial charge in [0.15, 0.2) is 5.65 Å². The van der Waals surface area contributed by atoms with E-state index in [1.807, 2.05) is 13.0 Å². The molecule has 0 atom stereocenters. The number of nitrogens with two attached hydrogens (primary N) is 1. The van der Waals surface area contributed by atoms with Crippen LogP contribution in [0.2, 0.25) is 0 Å². The van der Waals surface area contributed by atoms with Crippen LogP contribution in [-0.2, 0) is 13.0 Å². The van der Waals surface area contributed by atoms with E-state index in [9.17, 15) is 4.79 Å². The normalized spacial score (nSPS) is 11.0. The van der Waals surface area contributed by atoms with Gasteiger partial charge in [0.1, 0.15) is 0 Å². The third kappa shape index (κ3) is 1.22.